The Hall–Kier alpha value is -1.10. The molecule has 2 atom stereocenters. The molecule has 2 unspecified atom stereocenters. The standard InChI is InChI=1S/C16H28O5/c1-7-16(6,14(18)21-11(2)3)10-15(4,5)13(17)20-9-12-8-19-12/h11-12H,7-10H2,1-6H3. The molecule has 1 fully saturated rings. The lowest BCUT2D eigenvalue weighted by atomic mass is 9.72. The first-order valence-electron chi connectivity index (χ1n) is 7.60. The van der Waals surface area contributed by atoms with E-state index in [4.69, 9.17) is 14.2 Å². The molecular formula is C16H28O5. The molecule has 1 saturated heterocycles. The molecule has 0 amide bonds. The van der Waals surface area contributed by atoms with Gasteiger partial charge in [-0.3, -0.25) is 9.59 Å². The summed E-state index contributed by atoms with van der Waals surface area (Å²) in [5.74, 6) is -0.554. The van der Waals surface area contributed by atoms with E-state index in [2.05, 4.69) is 0 Å². The third-order valence-corrected chi connectivity index (χ3v) is 3.80. The minimum absolute atomic E-state index is 0.0493. The summed E-state index contributed by atoms with van der Waals surface area (Å²) in [6.07, 6.45) is 0.895. The van der Waals surface area contributed by atoms with Crippen LogP contribution >= 0.6 is 0 Å². The van der Waals surface area contributed by atoms with Gasteiger partial charge in [-0.2, -0.15) is 0 Å². The Morgan fingerprint density at radius 3 is 2.24 bits per heavy atom. The molecule has 1 aliphatic rings. The molecule has 0 aliphatic carbocycles. The van der Waals surface area contributed by atoms with Crippen molar-refractivity contribution in [1.82, 2.24) is 0 Å². The largest absolute Gasteiger partial charge is 0.463 e. The minimum Gasteiger partial charge on any atom is -0.463 e. The summed E-state index contributed by atoms with van der Waals surface area (Å²) in [6, 6.07) is 0. The molecule has 0 aromatic rings. The van der Waals surface area contributed by atoms with Gasteiger partial charge in [-0.05, 0) is 47.5 Å². The van der Waals surface area contributed by atoms with E-state index >= 15 is 0 Å². The monoisotopic (exact) mass is 300 g/mol. The molecule has 0 radical (unpaired) electrons. The lowest BCUT2D eigenvalue weighted by molar-refractivity contribution is -0.165. The molecule has 1 aliphatic heterocycles. The Balaban J connectivity index is 2.66. The molecule has 0 saturated carbocycles. The number of ether oxygens (including phenoxy) is 3. The molecule has 0 N–H and O–H groups in total. The quantitative estimate of drug-likeness (QED) is 0.509. The van der Waals surface area contributed by atoms with Crippen molar-refractivity contribution in [3.63, 3.8) is 0 Å². The van der Waals surface area contributed by atoms with Crippen LogP contribution in [0.25, 0.3) is 0 Å². The number of carbonyl (C=O) groups excluding carboxylic acids is 2. The van der Waals surface area contributed by atoms with Crippen molar-refractivity contribution in [2.45, 2.75) is 66.6 Å². The first kappa shape index (κ1) is 18.0. The highest BCUT2D eigenvalue weighted by Crippen LogP contribution is 2.38. The van der Waals surface area contributed by atoms with Crippen molar-refractivity contribution in [2.24, 2.45) is 10.8 Å². The van der Waals surface area contributed by atoms with Crippen molar-refractivity contribution in [1.29, 1.82) is 0 Å². The van der Waals surface area contributed by atoms with Gasteiger partial charge < -0.3 is 14.2 Å². The highest BCUT2D eigenvalue weighted by molar-refractivity contribution is 5.80. The van der Waals surface area contributed by atoms with E-state index in [1.54, 1.807) is 13.8 Å². The highest BCUT2D eigenvalue weighted by atomic mass is 16.6. The van der Waals surface area contributed by atoms with Crippen molar-refractivity contribution in [3.8, 4) is 0 Å². The van der Waals surface area contributed by atoms with Crippen molar-refractivity contribution in [3.05, 3.63) is 0 Å². The number of hydrogen-bond donors (Lipinski definition) is 0. The smallest absolute Gasteiger partial charge is 0.312 e. The van der Waals surface area contributed by atoms with Gasteiger partial charge in [0.05, 0.1) is 23.5 Å². The Labute approximate surface area is 127 Å². The van der Waals surface area contributed by atoms with Gasteiger partial charge in [-0.25, -0.2) is 0 Å². The minimum atomic E-state index is -0.740. The van der Waals surface area contributed by atoms with E-state index in [0.29, 0.717) is 26.1 Å². The zero-order valence-corrected chi connectivity index (χ0v) is 14.0. The highest BCUT2D eigenvalue weighted by Gasteiger charge is 2.43. The van der Waals surface area contributed by atoms with E-state index < -0.39 is 10.8 Å². The Bertz CT molecular complexity index is 384. The fraction of sp³-hybridized carbons (Fsp3) is 0.875. The Morgan fingerprint density at radius 2 is 1.81 bits per heavy atom. The predicted octanol–water partition coefficient (Wildman–Crippen LogP) is 2.71. The second-order valence-corrected chi connectivity index (χ2v) is 6.98. The number of esters is 2. The van der Waals surface area contributed by atoms with Crippen molar-refractivity contribution < 1.29 is 23.8 Å². The molecule has 21 heavy (non-hydrogen) atoms. The van der Waals surface area contributed by atoms with Gasteiger partial charge >= 0.3 is 11.9 Å². The molecule has 1 rings (SSSR count). The van der Waals surface area contributed by atoms with Gasteiger partial charge in [0.2, 0.25) is 0 Å². The average molecular weight is 300 g/mol. The third-order valence-electron chi connectivity index (χ3n) is 3.80. The van der Waals surface area contributed by atoms with Gasteiger partial charge in [-0.15, -0.1) is 0 Å². The van der Waals surface area contributed by atoms with E-state index in [9.17, 15) is 9.59 Å². The molecule has 0 aromatic heterocycles. The first-order valence-corrected chi connectivity index (χ1v) is 7.60. The third kappa shape index (κ3) is 5.30. The fourth-order valence-electron chi connectivity index (χ4n) is 2.27. The summed E-state index contributed by atoms with van der Waals surface area (Å²) in [7, 11) is 0. The van der Waals surface area contributed by atoms with E-state index in [1.807, 2.05) is 27.7 Å². The predicted molar refractivity (Wildman–Crippen MR) is 78.7 cm³/mol. The van der Waals surface area contributed by atoms with E-state index in [1.165, 1.54) is 0 Å². The first-order chi connectivity index (χ1) is 9.60. The fourth-order valence-corrected chi connectivity index (χ4v) is 2.27. The van der Waals surface area contributed by atoms with E-state index in [0.717, 1.165) is 0 Å². The lowest BCUT2D eigenvalue weighted by Gasteiger charge is -2.34. The summed E-state index contributed by atoms with van der Waals surface area (Å²) in [5, 5.41) is 0. The maximum Gasteiger partial charge on any atom is 0.312 e. The molecular weight excluding hydrogens is 272 g/mol. The molecule has 0 aromatic carbocycles. The van der Waals surface area contributed by atoms with Crippen LogP contribution < -0.4 is 0 Å². The van der Waals surface area contributed by atoms with Gasteiger partial charge in [0.15, 0.2) is 0 Å². The number of carbonyl (C=O) groups is 2. The van der Waals surface area contributed by atoms with Crippen LogP contribution in [0.3, 0.4) is 0 Å². The molecule has 0 spiro atoms. The Morgan fingerprint density at radius 1 is 1.24 bits per heavy atom. The summed E-state index contributed by atoms with van der Waals surface area (Å²) in [4.78, 5) is 24.5. The van der Waals surface area contributed by atoms with Crippen molar-refractivity contribution >= 4 is 11.9 Å². The van der Waals surface area contributed by atoms with Gasteiger partial charge in [0.25, 0.3) is 0 Å². The van der Waals surface area contributed by atoms with Gasteiger partial charge in [0, 0.05) is 0 Å². The van der Waals surface area contributed by atoms with E-state index in [-0.39, 0.29) is 24.1 Å². The topological polar surface area (TPSA) is 65.1 Å². The molecule has 122 valence electrons. The Kier molecular flexibility index (Phi) is 5.79. The average Bonchev–Trinajstić information content (AvgIpc) is 3.18. The molecule has 5 heteroatoms. The lowest BCUT2D eigenvalue weighted by Crippen LogP contribution is -2.39. The van der Waals surface area contributed by atoms with Crippen LogP contribution in [0.4, 0.5) is 0 Å². The maximum absolute atomic E-state index is 12.3. The summed E-state index contributed by atoms with van der Waals surface area (Å²) < 4.78 is 15.6. The van der Waals surface area contributed by atoms with Crippen LogP contribution in [-0.2, 0) is 23.8 Å². The summed E-state index contributed by atoms with van der Waals surface area (Å²) in [6.45, 7) is 12.0. The zero-order valence-electron chi connectivity index (χ0n) is 14.0. The number of hydrogen-bond acceptors (Lipinski definition) is 5. The van der Waals surface area contributed by atoms with Crippen LogP contribution in [0.5, 0.6) is 0 Å². The maximum atomic E-state index is 12.3. The molecule has 1 heterocycles. The van der Waals surface area contributed by atoms with Crippen molar-refractivity contribution in [2.75, 3.05) is 13.2 Å². The second kappa shape index (κ2) is 6.77. The molecule has 5 nitrogen and oxygen atoms in total. The van der Waals surface area contributed by atoms with Crippen LogP contribution in [0.1, 0.15) is 54.4 Å². The van der Waals surface area contributed by atoms with Crippen LogP contribution in [0.2, 0.25) is 0 Å². The molecule has 0 bridgehead atoms. The number of rotatable bonds is 8. The van der Waals surface area contributed by atoms with Gasteiger partial charge in [-0.1, -0.05) is 6.92 Å². The SMILES string of the molecule is CCC(C)(CC(C)(C)C(=O)OCC1CO1)C(=O)OC(C)C. The van der Waals surface area contributed by atoms with Gasteiger partial charge in [0.1, 0.15) is 12.7 Å². The van der Waals surface area contributed by atoms with Crippen LogP contribution in [0, 0.1) is 10.8 Å². The second-order valence-electron chi connectivity index (χ2n) is 6.98. The summed E-state index contributed by atoms with van der Waals surface area (Å²) in [5.41, 5.74) is -1.43. The van der Waals surface area contributed by atoms with Crippen LogP contribution in [-0.4, -0.2) is 37.4 Å². The normalized spacial score (nSPS) is 20.8. The van der Waals surface area contributed by atoms with Crippen LogP contribution in [0.15, 0.2) is 0 Å². The number of epoxide rings is 1. The summed E-state index contributed by atoms with van der Waals surface area (Å²) >= 11 is 0. The zero-order chi connectivity index (χ0) is 16.3.